The van der Waals surface area contributed by atoms with Gasteiger partial charge in [0.05, 0.1) is 13.2 Å². The van der Waals surface area contributed by atoms with Gasteiger partial charge in [-0.1, -0.05) is 0 Å². The van der Waals surface area contributed by atoms with Crippen molar-refractivity contribution < 1.29 is 4.74 Å². The van der Waals surface area contributed by atoms with Crippen LogP contribution in [0.15, 0.2) is 0 Å². The number of piperidine rings is 1. The van der Waals surface area contributed by atoms with E-state index in [9.17, 15) is 0 Å². The topological polar surface area (TPSA) is 15.7 Å². The van der Waals surface area contributed by atoms with E-state index in [0.717, 1.165) is 38.3 Å². The fourth-order valence-corrected chi connectivity index (χ4v) is 3.41. The molecular formula is C15H30N2O. The van der Waals surface area contributed by atoms with Gasteiger partial charge in [-0.3, -0.25) is 4.90 Å². The Kier molecular flexibility index (Phi) is 5.46. The third-order valence-electron chi connectivity index (χ3n) is 4.62. The summed E-state index contributed by atoms with van der Waals surface area (Å²) in [6.07, 6.45) is 4.18. The van der Waals surface area contributed by atoms with E-state index in [1.54, 1.807) is 0 Å². The average molecular weight is 254 g/mol. The summed E-state index contributed by atoms with van der Waals surface area (Å²) in [5.41, 5.74) is 0. The maximum absolute atomic E-state index is 5.44. The Bertz CT molecular complexity index is 239. The molecule has 2 fully saturated rings. The molecule has 0 aliphatic carbocycles. The Morgan fingerprint density at radius 1 is 1.06 bits per heavy atom. The van der Waals surface area contributed by atoms with Crippen molar-refractivity contribution in [2.24, 2.45) is 5.92 Å². The lowest BCUT2D eigenvalue weighted by Gasteiger charge is -2.39. The summed E-state index contributed by atoms with van der Waals surface area (Å²) in [5, 5.41) is 0. The van der Waals surface area contributed by atoms with Crippen molar-refractivity contribution >= 4 is 0 Å². The van der Waals surface area contributed by atoms with Crippen LogP contribution in [0.25, 0.3) is 0 Å². The Morgan fingerprint density at radius 2 is 1.78 bits per heavy atom. The molecule has 0 N–H and O–H groups in total. The molecule has 2 unspecified atom stereocenters. The zero-order valence-corrected chi connectivity index (χ0v) is 12.4. The van der Waals surface area contributed by atoms with Gasteiger partial charge in [0.2, 0.25) is 0 Å². The molecule has 0 spiro atoms. The van der Waals surface area contributed by atoms with E-state index in [1.165, 1.54) is 32.4 Å². The first-order valence-electron chi connectivity index (χ1n) is 7.72. The van der Waals surface area contributed by atoms with Gasteiger partial charge in [-0.25, -0.2) is 0 Å². The highest BCUT2D eigenvalue weighted by molar-refractivity contribution is 4.80. The minimum atomic E-state index is 0.714. The van der Waals surface area contributed by atoms with Gasteiger partial charge in [-0.15, -0.1) is 0 Å². The number of nitrogens with zero attached hydrogens (tertiary/aromatic N) is 2. The molecular weight excluding hydrogens is 224 g/mol. The summed E-state index contributed by atoms with van der Waals surface area (Å²) >= 11 is 0. The highest BCUT2D eigenvalue weighted by atomic mass is 16.5. The zero-order valence-electron chi connectivity index (χ0n) is 12.4. The van der Waals surface area contributed by atoms with Gasteiger partial charge in [0.15, 0.2) is 0 Å². The zero-order chi connectivity index (χ0) is 13.0. The summed E-state index contributed by atoms with van der Waals surface area (Å²) < 4.78 is 5.44. The lowest BCUT2D eigenvalue weighted by Crippen LogP contribution is -2.45. The van der Waals surface area contributed by atoms with Gasteiger partial charge >= 0.3 is 0 Å². The molecule has 2 atom stereocenters. The molecule has 0 amide bonds. The maximum atomic E-state index is 5.44. The van der Waals surface area contributed by atoms with Crippen LogP contribution >= 0.6 is 0 Å². The van der Waals surface area contributed by atoms with Crippen molar-refractivity contribution in [3.05, 3.63) is 0 Å². The Morgan fingerprint density at radius 3 is 2.44 bits per heavy atom. The number of likely N-dealkylation sites (tertiary alicyclic amines) is 1. The van der Waals surface area contributed by atoms with Crippen LogP contribution in [0.2, 0.25) is 0 Å². The molecule has 0 radical (unpaired) electrons. The first-order valence-corrected chi connectivity index (χ1v) is 7.72. The highest BCUT2D eigenvalue weighted by Gasteiger charge is 2.25. The average Bonchev–Trinajstić information content (AvgIpc) is 2.40. The molecule has 3 nitrogen and oxygen atoms in total. The predicted molar refractivity (Wildman–Crippen MR) is 75.9 cm³/mol. The van der Waals surface area contributed by atoms with Crippen LogP contribution in [0.3, 0.4) is 0 Å². The van der Waals surface area contributed by atoms with Crippen LogP contribution in [-0.2, 0) is 4.74 Å². The number of rotatable bonds is 4. The van der Waals surface area contributed by atoms with Gasteiger partial charge in [0, 0.05) is 31.7 Å². The van der Waals surface area contributed by atoms with Crippen molar-refractivity contribution in [2.75, 3.05) is 39.4 Å². The van der Waals surface area contributed by atoms with Crippen LogP contribution in [0.5, 0.6) is 0 Å². The summed E-state index contributed by atoms with van der Waals surface area (Å²) in [6.45, 7) is 13.8. The smallest absolute Gasteiger partial charge is 0.0594 e. The molecule has 106 valence electrons. The highest BCUT2D eigenvalue weighted by Crippen LogP contribution is 2.24. The van der Waals surface area contributed by atoms with Crippen molar-refractivity contribution in [3.8, 4) is 0 Å². The second-order valence-corrected chi connectivity index (χ2v) is 6.33. The molecule has 0 saturated carbocycles. The summed E-state index contributed by atoms with van der Waals surface area (Å²) in [5.74, 6) is 0.902. The van der Waals surface area contributed by atoms with E-state index >= 15 is 0 Å². The van der Waals surface area contributed by atoms with Gasteiger partial charge in [0.25, 0.3) is 0 Å². The maximum Gasteiger partial charge on any atom is 0.0594 e. The monoisotopic (exact) mass is 254 g/mol. The lowest BCUT2D eigenvalue weighted by atomic mass is 9.90. The van der Waals surface area contributed by atoms with Crippen LogP contribution in [-0.4, -0.2) is 61.3 Å². The van der Waals surface area contributed by atoms with Crippen molar-refractivity contribution in [1.82, 2.24) is 9.80 Å². The minimum absolute atomic E-state index is 0.714. The Labute approximate surface area is 112 Å². The van der Waals surface area contributed by atoms with Crippen LogP contribution in [0.1, 0.15) is 40.0 Å². The molecule has 18 heavy (non-hydrogen) atoms. The van der Waals surface area contributed by atoms with E-state index in [-0.39, 0.29) is 0 Å². The summed E-state index contributed by atoms with van der Waals surface area (Å²) in [6, 6.07) is 1.44. The molecule has 2 saturated heterocycles. The van der Waals surface area contributed by atoms with Gasteiger partial charge in [0.1, 0.15) is 0 Å². The van der Waals surface area contributed by atoms with E-state index in [4.69, 9.17) is 4.74 Å². The second kappa shape index (κ2) is 6.88. The van der Waals surface area contributed by atoms with Crippen molar-refractivity contribution in [3.63, 3.8) is 0 Å². The molecule has 2 aliphatic rings. The Hall–Kier alpha value is -0.120. The van der Waals surface area contributed by atoms with Crippen LogP contribution in [0.4, 0.5) is 0 Å². The number of morpholine rings is 1. The molecule has 3 heteroatoms. The largest absolute Gasteiger partial charge is 0.379 e. The first-order chi connectivity index (χ1) is 8.66. The fourth-order valence-electron chi connectivity index (χ4n) is 3.41. The number of hydrogen-bond acceptors (Lipinski definition) is 3. The normalized spacial score (nSPS) is 29.7. The van der Waals surface area contributed by atoms with Crippen molar-refractivity contribution in [1.29, 1.82) is 0 Å². The molecule has 0 aromatic carbocycles. The quantitative estimate of drug-likeness (QED) is 0.765. The molecule has 2 rings (SSSR count). The molecule has 0 aromatic heterocycles. The van der Waals surface area contributed by atoms with Gasteiger partial charge in [-0.05, 0) is 52.5 Å². The van der Waals surface area contributed by atoms with E-state index < -0.39 is 0 Å². The van der Waals surface area contributed by atoms with Crippen LogP contribution < -0.4 is 0 Å². The standard InChI is InChI=1S/C15H30N2O/c1-13(2)17-6-4-5-15(12-17)11-14(3)16-7-9-18-10-8-16/h13-15H,4-12H2,1-3H3. The third-order valence-corrected chi connectivity index (χ3v) is 4.62. The van der Waals surface area contributed by atoms with Gasteiger partial charge < -0.3 is 9.64 Å². The predicted octanol–water partition coefficient (Wildman–Crippen LogP) is 2.22. The summed E-state index contributed by atoms with van der Waals surface area (Å²) in [4.78, 5) is 5.26. The summed E-state index contributed by atoms with van der Waals surface area (Å²) in [7, 11) is 0. The second-order valence-electron chi connectivity index (χ2n) is 6.33. The first kappa shape index (κ1) is 14.3. The molecule has 0 bridgehead atoms. The SMILES string of the molecule is CC(C)N1CCCC(CC(C)N2CCOCC2)C1. The molecule has 2 heterocycles. The van der Waals surface area contributed by atoms with E-state index in [1.807, 2.05) is 0 Å². The fraction of sp³-hybridized carbons (Fsp3) is 1.00. The number of ether oxygens (including phenoxy) is 1. The Balaban J connectivity index is 1.77. The van der Waals surface area contributed by atoms with Crippen LogP contribution in [0, 0.1) is 5.92 Å². The van der Waals surface area contributed by atoms with Crippen molar-refractivity contribution in [2.45, 2.75) is 52.1 Å². The minimum Gasteiger partial charge on any atom is -0.379 e. The lowest BCUT2D eigenvalue weighted by molar-refractivity contribution is 0.0112. The van der Waals surface area contributed by atoms with E-state index in [2.05, 4.69) is 30.6 Å². The third kappa shape index (κ3) is 3.94. The molecule has 0 aromatic rings. The number of hydrogen-bond donors (Lipinski definition) is 0. The molecule has 2 aliphatic heterocycles. The van der Waals surface area contributed by atoms with E-state index in [0.29, 0.717) is 6.04 Å². The van der Waals surface area contributed by atoms with Gasteiger partial charge in [-0.2, -0.15) is 0 Å².